The predicted molar refractivity (Wildman–Crippen MR) is 128 cm³/mol. The van der Waals surface area contributed by atoms with Crippen molar-refractivity contribution in [3.8, 4) is 0 Å². The van der Waals surface area contributed by atoms with Crippen LogP contribution in [0, 0.1) is 12.7 Å². The fraction of sp³-hybridized carbons (Fsp3) is 0.519. The first-order valence-corrected chi connectivity index (χ1v) is 12.0. The molecule has 0 saturated carbocycles. The molecule has 2 aromatic rings. The van der Waals surface area contributed by atoms with Crippen LogP contribution >= 0.6 is 0 Å². The molecule has 0 spiro atoms. The normalized spacial score (nSPS) is 18.2. The van der Waals surface area contributed by atoms with Crippen molar-refractivity contribution in [1.82, 2.24) is 4.90 Å². The van der Waals surface area contributed by atoms with Gasteiger partial charge in [0.2, 0.25) is 0 Å². The Bertz CT molecular complexity index is 937. The highest BCUT2D eigenvalue weighted by atomic mass is 19.1. The van der Waals surface area contributed by atoms with Gasteiger partial charge in [-0.1, -0.05) is 36.4 Å². The number of hydrogen-bond donors (Lipinski definition) is 2. The minimum absolute atomic E-state index is 0.168. The Kier molecular flexibility index (Phi) is 10.0. The third-order valence-corrected chi connectivity index (χ3v) is 6.42. The zero-order chi connectivity index (χ0) is 24.5. The first kappa shape index (κ1) is 26.3. The van der Waals surface area contributed by atoms with Crippen LogP contribution in [0.4, 0.5) is 4.39 Å². The highest BCUT2D eigenvalue weighted by Crippen LogP contribution is 2.24. The van der Waals surface area contributed by atoms with Crippen LogP contribution in [0.1, 0.15) is 48.1 Å². The molecule has 1 aliphatic heterocycles. The summed E-state index contributed by atoms with van der Waals surface area (Å²) in [6, 6.07) is 13.6. The number of ether oxygens (including phenoxy) is 2. The van der Waals surface area contributed by atoms with Crippen LogP contribution in [-0.4, -0.2) is 66.1 Å². The molecule has 0 aliphatic carbocycles. The first-order valence-electron chi connectivity index (χ1n) is 12.0. The maximum absolute atomic E-state index is 13.9. The average molecular weight is 474 g/mol. The fourth-order valence-electron chi connectivity index (χ4n) is 4.57. The number of aliphatic carboxylic acids is 1. The second kappa shape index (κ2) is 13.0. The Labute approximate surface area is 201 Å². The van der Waals surface area contributed by atoms with Gasteiger partial charge in [-0.2, -0.15) is 0 Å². The van der Waals surface area contributed by atoms with Crippen molar-refractivity contribution < 1.29 is 28.9 Å². The van der Waals surface area contributed by atoms with Crippen molar-refractivity contribution in [2.75, 3.05) is 32.9 Å². The molecule has 2 N–H and O–H groups in total. The molecule has 34 heavy (non-hydrogen) atoms. The second-order valence-corrected chi connectivity index (χ2v) is 9.10. The lowest BCUT2D eigenvalue weighted by Crippen LogP contribution is -2.39. The summed E-state index contributed by atoms with van der Waals surface area (Å²) in [5.41, 5.74) is 3.69. The Morgan fingerprint density at radius 3 is 2.82 bits per heavy atom. The minimum Gasteiger partial charge on any atom is -0.480 e. The molecule has 7 heteroatoms. The van der Waals surface area contributed by atoms with E-state index in [1.165, 1.54) is 0 Å². The summed E-state index contributed by atoms with van der Waals surface area (Å²) < 4.78 is 25.1. The van der Waals surface area contributed by atoms with Gasteiger partial charge in [0.25, 0.3) is 0 Å². The molecular weight excluding hydrogens is 437 g/mol. The first-order chi connectivity index (χ1) is 16.3. The molecule has 3 atom stereocenters. The molecule has 1 aliphatic rings. The predicted octanol–water partition coefficient (Wildman–Crippen LogP) is 3.92. The minimum atomic E-state index is -0.981. The zero-order valence-electron chi connectivity index (χ0n) is 20.1. The number of carbonyl (C=O) groups is 1. The Morgan fingerprint density at radius 1 is 1.26 bits per heavy atom. The van der Waals surface area contributed by atoms with E-state index < -0.39 is 12.1 Å². The smallest absolute Gasteiger partial charge is 0.329 e. The largest absolute Gasteiger partial charge is 0.480 e. The summed E-state index contributed by atoms with van der Waals surface area (Å²) in [5, 5.41) is 19.4. The van der Waals surface area contributed by atoms with Gasteiger partial charge in [0, 0.05) is 12.6 Å². The Balaban J connectivity index is 1.48. The van der Waals surface area contributed by atoms with Crippen LogP contribution in [0.3, 0.4) is 0 Å². The van der Waals surface area contributed by atoms with Crippen molar-refractivity contribution in [3.63, 3.8) is 0 Å². The molecule has 0 radical (unpaired) electrons. The maximum Gasteiger partial charge on any atom is 0.329 e. The average Bonchev–Trinajstić information content (AvgIpc) is 3.24. The number of likely N-dealkylation sites (tertiary alicyclic amines) is 1. The van der Waals surface area contributed by atoms with Gasteiger partial charge in [-0.3, -0.25) is 4.90 Å². The van der Waals surface area contributed by atoms with Crippen molar-refractivity contribution in [2.24, 2.45) is 0 Å². The monoisotopic (exact) mass is 473 g/mol. The number of carboxylic acids is 1. The van der Waals surface area contributed by atoms with Crippen LogP contribution in [0.25, 0.3) is 0 Å². The summed E-state index contributed by atoms with van der Waals surface area (Å²) in [6.07, 6.45) is 2.64. The number of benzene rings is 2. The molecule has 0 aromatic heterocycles. The van der Waals surface area contributed by atoms with E-state index in [0.29, 0.717) is 31.2 Å². The molecule has 0 amide bonds. The van der Waals surface area contributed by atoms with E-state index in [-0.39, 0.29) is 25.1 Å². The summed E-state index contributed by atoms with van der Waals surface area (Å²) in [4.78, 5) is 12.9. The van der Waals surface area contributed by atoms with Crippen molar-refractivity contribution in [2.45, 2.75) is 57.8 Å². The van der Waals surface area contributed by atoms with Gasteiger partial charge >= 0.3 is 5.97 Å². The van der Waals surface area contributed by atoms with Crippen molar-refractivity contribution in [1.29, 1.82) is 0 Å². The molecule has 1 saturated heterocycles. The lowest BCUT2D eigenvalue weighted by atomic mass is 10.0. The van der Waals surface area contributed by atoms with E-state index in [9.17, 15) is 14.3 Å². The van der Waals surface area contributed by atoms with E-state index in [1.54, 1.807) is 13.0 Å². The van der Waals surface area contributed by atoms with Crippen LogP contribution in [0.2, 0.25) is 0 Å². The van der Waals surface area contributed by atoms with Crippen LogP contribution in [0.15, 0.2) is 42.5 Å². The van der Waals surface area contributed by atoms with Gasteiger partial charge in [0.05, 0.1) is 25.4 Å². The lowest BCUT2D eigenvalue weighted by Gasteiger charge is -2.27. The topological polar surface area (TPSA) is 79.2 Å². The van der Waals surface area contributed by atoms with Gasteiger partial charge in [0.1, 0.15) is 12.4 Å². The number of aliphatic hydroxyl groups excluding tert-OH is 1. The number of aliphatic hydroxyl groups is 1. The number of β-amino-alcohol motifs (C(OH)–C–C–N with tert-alkyl or cyclic N) is 1. The van der Waals surface area contributed by atoms with Gasteiger partial charge in [-0.05, 0) is 74.4 Å². The standard InChI is InChI=1S/C27H36FNO5/c1-19-9-10-21(15-26(19)28)14-23-7-5-12-29(23)16-24(30)17-34-20(2)25-8-4-3-6-22(25)11-13-33-18-27(31)32/h3-4,6,8-10,15,20,23-24,30H,5,7,11-14,16-18H2,1-2H3,(H,31,32)/t20-,23+,24-/m1/s1. The summed E-state index contributed by atoms with van der Waals surface area (Å²) in [6.45, 7) is 5.39. The molecule has 3 rings (SSSR count). The number of rotatable bonds is 13. The lowest BCUT2D eigenvalue weighted by molar-refractivity contribution is -0.142. The van der Waals surface area contributed by atoms with E-state index in [1.807, 2.05) is 43.3 Å². The fourth-order valence-corrected chi connectivity index (χ4v) is 4.57. The van der Waals surface area contributed by atoms with E-state index in [2.05, 4.69) is 4.90 Å². The summed E-state index contributed by atoms with van der Waals surface area (Å²) in [5.74, 6) is -1.15. The number of halogens is 1. The van der Waals surface area contributed by atoms with Crippen LogP contribution in [-0.2, 0) is 27.1 Å². The molecule has 1 heterocycles. The number of aryl methyl sites for hydroxylation is 1. The molecule has 1 fully saturated rings. The highest BCUT2D eigenvalue weighted by molar-refractivity contribution is 5.67. The Hall–Kier alpha value is -2.32. The molecule has 0 bridgehead atoms. The summed E-state index contributed by atoms with van der Waals surface area (Å²) >= 11 is 0. The van der Waals surface area contributed by atoms with Crippen LogP contribution < -0.4 is 0 Å². The number of carboxylic acid groups (broad SMARTS) is 1. The summed E-state index contributed by atoms with van der Waals surface area (Å²) in [7, 11) is 0. The van der Waals surface area contributed by atoms with E-state index in [0.717, 1.165) is 42.5 Å². The maximum atomic E-state index is 13.9. The molecule has 0 unspecified atom stereocenters. The van der Waals surface area contributed by atoms with E-state index in [4.69, 9.17) is 14.6 Å². The Morgan fingerprint density at radius 2 is 2.06 bits per heavy atom. The molecule has 186 valence electrons. The number of nitrogens with zero attached hydrogens (tertiary/aromatic N) is 1. The zero-order valence-corrected chi connectivity index (χ0v) is 20.1. The van der Waals surface area contributed by atoms with Crippen LogP contribution in [0.5, 0.6) is 0 Å². The van der Waals surface area contributed by atoms with Gasteiger partial charge in [-0.15, -0.1) is 0 Å². The van der Waals surface area contributed by atoms with Gasteiger partial charge in [-0.25, -0.2) is 9.18 Å². The second-order valence-electron chi connectivity index (χ2n) is 9.10. The molecule has 2 aromatic carbocycles. The SMILES string of the molecule is Cc1ccc(C[C@@H]2CCCN2C[C@@H](O)CO[C@H](C)c2ccccc2CCOCC(=O)O)cc1F. The quantitative estimate of drug-likeness (QED) is 0.429. The molecule has 6 nitrogen and oxygen atoms in total. The third-order valence-electron chi connectivity index (χ3n) is 6.42. The van der Waals surface area contributed by atoms with Gasteiger partial charge < -0.3 is 19.7 Å². The number of hydrogen-bond acceptors (Lipinski definition) is 5. The van der Waals surface area contributed by atoms with Gasteiger partial charge in [0.15, 0.2) is 0 Å². The van der Waals surface area contributed by atoms with Crippen molar-refractivity contribution in [3.05, 3.63) is 70.5 Å². The highest BCUT2D eigenvalue weighted by Gasteiger charge is 2.27. The van der Waals surface area contributed by atoms with E-state index >= 15 is 0 Å². The van der Waals surface area contributed by atoms with Crippen molar-refractivity contribution >= 4 is 5.97 Å². The molecular formula is C27H36FNO5. The third kappa shape index (κ3) is 7.87.